The van der Waals surface area contributed by atoms with E-state index in [4.69, 9.17) is 0 Å². The number of rotatable bonds is 3. The van der Waals surface area contributed by atoms with Crippen LogP contribution < -0.4 is 0 Å². The van der Waals surface area contributed by atoms with Crippen LogP contribution in [0.1, 0.15) is 27.2 Å². The van der Waals surface area contributed by atoms with E-state index in [9.17, 15) is 9.59 Å². The summed E-state index contributed by atoms with van der Waals surface area (Å²) in [6.07, 6.45) is 0.793. The number of carbonyl (C=O) groups excluding carboxylic acids is 2. The zero-order valence-corrected chi connectivity index (χ0v) is 14.3. The molecule has 0 N–H and O–H groups in total. The van der Waals surface area contributed by atoms with Gasteiger partial charge in [-0.1, -0.05) is 18.8 Å². The largest absolute Gasteiger partial charge is 0.416 e. The molecule has 8 heteroatoms. The summed E-state index contributed by atoms with van der Waals surface area (Å²) >= 11 is 0. The molecule has 1 unspecified atom stereocenters. The molecule has 1 saturated heterocycles. The Labute approximate surface area is 135 Å². The van der Waals surface area contributed by atoms with Crippen LogP contribution in [0, 0.1) is 5.92 Å². The maximum Gasteiger partial charge on any atom is 0.416 e. The summed E-state index contributed by atoms with van der Waals surface area (Å²) < 4.78 is 1.92. The third-order valence-corrected chi connectivity index (χ3v) is 4.33. The maximum absolute atomic E-state index is 12.9. The molecule has 3 amide bonds. The van der Waals surface area contributed by atoms with Crippen molar-refractivity contribution < 1.29 is 14.2 Å². The van der Waals surface area contributed by atoms with Crippen molar-refractivity contribution >= 4 is 29.4 Å². The van der Waals surface area contributed by atoms with Crippen molar-refractivity contribution in [3.05, 3.63) is 0 Å². The highest BCUT2D eigenvalue weighted by molar-refractivity contribution is 6.23. The fraction of sp³-hybridized carbons (Fsp3) is 0.667. The van der Waals surface area contributed by atoms with Crippen LogP contribution in [0.2, 0.25) is 0 Å². The van der Waals surface area contributed by atoms with Gasteiger partial charge in [0.15, 0.2) is 0 Å². The molecule has 0 aliphatic carbocycles. The van der Waals surface area contributed by atoms with Crippen molar-refractivity contribution in [2.45, 2.75) is 33.2 Å². The molecular weight excluding hydrogens is 296 g/mol. The molecule has 0 spiro atoms. The minimum Gasteiger partial charge on any atom is -0.270 e. The molecule has 0 aromatic rings. The summed E-state index contributed by atoms with van der Waals surface area (Å²) in [4.78, 5) is 32.8. The van der Waals surface area contributed by atoms with Crippen LogP contribution in [0.5, 0.6) is 0 Å². The lowest BCUT2D eigenvalue weighted by Gasteiger charge is -2.34. The maximum atomic E-state index is 12.9. The van der Waals surface area contributed by atoms with Crippen LogP contribution in [0.25, 0.3) is 0 Å². The highest BCUT2D eigenvalue weighted by Gasteiger charge is 2.53. The van der Waals surface area contributed by atoms with Gasteiger partial charge in [0.2, 0.25) is 11.9 Å². The molecule has 1 atom stereocenters. The lowest BCUT2D eigenvalue weighted by Crippen LogP contribution is -2.63. The standard InChI is InChI=1S/C15H23N6O2/c1-9(2)6-7-20-13(22)11-12(18(4)15(20)23)16-14-19(5)17-10(3)8-21(11)14/h9,11H,6-8H2,1-5H3/q+1. The van der Waals surface area contributed by atoms with Gasteiger partial charge in [-0.2, -0.15) is 0 Å². The van der Waals surface area contributed by atoms with Crippen molar-refractivity contribution in [3.63, 3.8) is 0 Å². The third-order valence-electron chi connectivity index (χ3n) is 4.33. The number of aliphatic imine (C=N–C) groups is 1. The van der Waals surface area contributed by atoms with E-state index in [2.05, 4.69) is 23.9 Å². The van der Waals surface area contributed by atoms with Gasteiger partial charge >= 0.3 is 12.0 Å². The fourth-order valence-electron chi connectivity index (χ4n) is 3.10. The number of imide groups is 1. The molecule has 3 rings (SSSR count). The number of hydrazone groups is 1. The summed E-state index contributed by atoms with van der Waals surface area (Å²) in [6.45, 7) is 7.06. The predicted octanol–water partition coefficient (Wildman–Crippen LogP) is 0.397. The van der Waals surface area contributed by atoms with E-state index in [-0.39, 0.29) is 11.9 Å². The highest BCUT2D eigenvalue weighted by Crippen LogP contribution is 2.22. The first-order chi connectivity index (χ1) is 10.8. The molecule has 3 aliphatic rings. The van der Waals surface area contributed by atoms with E-state index >= 15 is 0 Å². The number of fused-ring (bicyclic) bond motifs is 2. The Morgan fingerprint density at radius 2 is 2.00 bits per heavy atom. The molecule has 23 heavy (non-hydrogen) atoms. The number of guanidine groups is 1. The van der Waals surface area contributed by atoms with Crippen LogP contribution >= 0.6 is 0 Å². The van der Waals surface area contributed by atoms with E-state index in [1.54, 1.807) is 19.1 Å². The van der Waals surface area contributed by atoms with Crippen LogP contribution in [0.15, 0.2) is 10.1 Å². The summed E-state index contributed by atoms with van der Waals surface area (Å²) in [5.41, 5.74) is 0.911. The Kier molecular flexibility index (Phi) is 3.69. The molecule has 8 nitrogen and oxygen atoms in total. The summed E-state index contributed by atoms with van der Waals surface area (Å²) in [5.74, 6) is 1.35. The van der Waals surface area contributed by atoms with Crippen LogP contribution in [0.3, 0.4) is 0 Å². The highest BCUT2D eigenvalue weighted by atomic mass is 16.2. The van der Waals surface area contributed by atoms with Gasteiger partial charge in [-0.05, 0) is 19.3 Å². The second-order valence-corrected chi connectivity index (χ2v) is 6.67. The van der Waals surface area contributed by atoms with Crippen molar-refractivity contribution in [2.24, 2.45) is 16.0 Å². The molecule has 0 radical (unpaired) electrons. The Bertz CT molecular complexity index is 663. The predicted molar refractivity (Wildman–Crippen MR) is 86.6 cm³/mol. The molecule has 3 aliphatic heterocycles. The molecule has 3 heterocycles. The van der Waals surface area contributed by atoms with E-state index < -0.39 is 6.04 Å². The second-order valence-electron chi connectivity index (χ2n) is 6.67. The Morgan fingerprint density at radius 3 is 2.65 bits per heavy atom. The Hall–Kier alpha value is -2.25. The number of hydrogen-bond donors (Lipinski definition) is 0. The van der Waals surface area contributed by atoms with Crippen molar-refractivity contribution in [1.29, 1.82) is 0 Å². The Balaban J connectivity index is 1.93. The summed E-state index contributed by atoms with van der Waals surface area (Å²) in [5, 5.41) is 6.03. The minimum absolute atomic E-state index is 0.189. The first-order valence-electron chi connectivity index (χ1n) is 7.90. The van der Waals surface area contributed by atoms with Gasteiger partial charge in [-0.3, -0.25) is 14.6 Å². The van der Waals surface area contributed by atoms with Gasteiger partial charge in [0.25, 0.3) is 5.91 Å². The molecule has 0 saturated carbocycles. The number of amides is 3. The number of hydrogen-bond acceptors (Lipinski definition) is 5. The number of amidine groups is 1. The first kappa shape index (κ1) is 15.6. The average molecular weight is 319 g/mol. The molecule has 0 bridgehead atoms. The smallest absolute Gasteiger partial charge is 0.270 e. The second kappa shape index (κ2) is 5.43. The summed E-state index contributed by atoms with van der Waals surface area (Å²) in [6, 6.07) is -0.834. The topological polar surface area (TPSA) is 71.6 Å². The van der Waals surface area contributed by atoms with Gasteiger partial charge in [0.1, 0.15) is 6.54 Å². The molecule has 0 aromatic heterocycles. The summed E-state index contributed by atoms with van der Waals surface area (Å²) in [7, 11) is 3.48. The quantitative estimate of drug-likeness (QED) is 0.707. The van der Waals surface area contributed by atoms with Gasteiger partial charge in [0, 0.05) is 13.6 Å². The fourth-order valence-corrected chi connectivity index (χ4v) is 3.10. The number of nitrogens with zero attached hydrogens (tertiary/aromatic N) is 6. The van der Waals surface area contributed by atoms with Crippen molar-refractivity contribution in [1.82, 2.24) is 14.8 Å². The van der Waals surface area contributed by atoms with E-state index in [0.717, 1.165) is 12.1 Å². The lowest BCUT2D eigenvalue weighted by molar-refractivity contribution is -0.527. The van der Waals surface area contributed by atoms with Crippen LogP contribution in [-0.4, -0.2) is 82.1 Å². The SMILES string of the molecule is CC1=NN(C)C2=[N+](C1)C1C(=O)N(CCC(C)C)C(=O)N(C)C1=N2. The van der Waals surface area contributed by atoms with Gasteiger partial charge < -0.3 is 0 Å². The molecule has 1 fully saturated rings. The van der Waals surface area contributed by atoms with Gasteiger partial charge in [0.05, 0.1) is 12.8 Å². The molecular formula is C15H23N6O2+. The van der Waals surface area contributed by atoms with Crippen molar-refractivity contribution in [2.75, 3.05) is 27.2 Å². The normalized spacial score (nSPS) is 24.3. The number of likely N-dealkylation sites (N-methyl/N-ethyl adjacent to an activating group) is 1. The van der Waals surface area contributed by atoms with Crippen molar-refractivity contribution in [3.8, 4) is 0 Å². The van der Waals surface area contributed by atoms with E-state index in [1.807, 2.05) is 11.5 Å². The minimum atomic E-state index is -0.534. The number of carbonyl (C=O) groups is 2. The van der Waals surface area contributed by atoms with Crippen LogP contribution in [-0.2, 0) is 4.79 Å². The zero-order chi connectivity index (χ0) is 16.9. The third kappa shape index (κ3) is 2.42. The average Bonchev–Trinajstić information content (AvgIpc) is 2.84. The molecule has 0 aromatic carbocycles. The number of urea groups is 1. The Morgan fingerprint density at radius 1 is 1.30 bits per heavy atom. The zero-order valence-electron chi connectivity index (χ0n) is 14.3. The molecule has 124 valence electrons. The first-order valence-corrected chi connectivity index (χ1v) is 7.90. The van der Waals surface area contributed by atoms with Gasteiger partial charge in [-0.25, -0.2) is 9.37 Å². The van der Waals surface area contributed by atoms with E-state index in [1.165, 1.54) is 9.80 Å². The lowest BCUT2D eigenvalue weighted by atomic mass is 10.1. The van der Waals surface area contributed by atoms with E-state index in [0.29, 0.717) is 30.8 Å². The van der Waals surface area contributed by atoms with Gasteiger partial charge in [-0.15, -0.1) is 10.1 Å². The monoisotopic (exact) mass is 319 g/mol. The van der Waals surface area contributed by atoms with Crippen LogP contribution in [0.4, 0.5) is 4.79 Å².